The lowest BCUT2D eigenvalue weighted by atomic mass is 10.1. The molecule has 3 heterocycles. The van der Waals surface area contributed by atoms with E-state index in [0.717, 1.165) is 19.4 Å². The maximum Gasteiger partial charge on any atom is 0.231 e. The molecule has 0 bridgehead atoms. The summed E-state index contributed by atoms with van der Waals surface area (Å²) in [7, 11) is 0. The van der Waals surface area contributed by atoms with Crippen LogP contribution in [0.4, 0.5) is 0 Å². The molecule has 110 valence electrons. The van der Waals surface area contributed by atoms with E-state index in [4.69, 9.17) is 4.52 Å². The molecule has 3 rings (SSSR count). The van der Waals surface area contributed by atoms with Gasteiger partial charge in [0.1, 0.15) is 5.69 Å². The van der Waals surface area contributed by atoms with Gasteiger partial charge in [-0.2, -0.15) is 4.98 Å². The Morgan fingerprint density at radius 1 is 1.48 bits per heavy atom. The Morgan fingerprint density at radius 3 is 3.14 bits per heavy atom. The largest absolute Gasteiger partial charge is 0.342 e. The molecular formula is C15H18N4O2. The van der Waals surface area contributed by atoms with Crippen LogP contribution >= 0.6 is 0 Å². The highest BCUT2D eigenvalue weighted by atomic mass is 16.5. The molecule has 0 unspecified atom stereocenters. The first kappa shape index (κ1) is 13.7. The Kier molecular flexibility index (Phi) is 3.94. The fourth-order valence-corrected chi connectivity index (χ4v) is 2.56. The number of likely N-dealkylation sites (tertiary alicyclic amines) is 1. The van der Waals surface area contributed by atoms with E-state index in [0.29, 0.717) is 30.4 Å². The average molecular weight is 286 g/mol. The number of pyridine rings is 1. The summed E-state index contributed by atoms with van der Waals surface area (Å²) in [5.74, 6) is 1.45. The fraction of sp³-hybridized carbons (Fsp3) is 0.467. The Labute approximate surface area is 123 Å². The molecule has 0 aliphatic carbocycles. The van der Waals surface area contributed by atoms with Gasteiger partial charge in [0.15, 0.2) is 0 Å². The first-order valence-electron chi connectivity index (χ1n) is 7.30. The molecule has 0 saturated carbocycles. The number of rotatable bonds is 4. The van der Waals surface area contributed by atoms with E-state index in [1.165, 1.54) is 0 Å². The van der Waals surface area contributed by atoms with Crippen molar-refractivity contribution >= 4 is 5.91 Å². The van der Waals surface area contributed by atoms with E-state index in [-0.39, 0.29) is 11.8 Å². The molecular weight excluding hydrogens is 268 g/mol. The van der Waals surface area contributed by atoms with E-state index in [2.05, 4.69) is 15.1 Å². The molecule has 1 amide bonds. The topological polar surface area (TPSA) is 72.1 Å². The zero-order chi connectivity index (χ0) is 14.7. The van der Waals surface area contributed by atoms with E-state index >= 15 is 0 Å². The van der Waals surface area contributed by atoms with E-state index in [1.54, 1.807) is 6.20 Å². The van der Waals surface area contributed by atoms with Gasteiger partial charge in [0, 0.05) is 25.7 Å². The van der Waals surface area contributed by atoms with Gasteiger partial charge in [-0.3, -0.25) is 9.78 Å². The summed E-state index contributed by atoms with van der Waals surface area (Å²) in [5, 5.41) is 3.99. The van der Waals surface area contributed by atoms with Crippen LogP contribution in [0.25, 0.3) is 11.5 Å². The molecule has 0 N–H and O–H groups in total. The van der Waals surface area contributed by atoms with Gasteiger partial charge in [-0.15, -0.1) is 0 Å². The second-order valence-electron chi connectivity index (χ2n) is 5.25. The molecule has 0 spiro atoms. The zero-order valence-electron chi connectivity index (χ0n) is 12.0. The maximum atomic E-state index is 11.9. The van der Waals surface area contributed by atoms with Gasteiger partial charge in [-0.05, 0) is 25.0 Å². The van der Waals surface area contributed by atoms with Crippen molar-refractivity contribution in [3.05, 3.63) is 30.3 Å². The van der Waals surface area contributed by atoms with Crippen molar-refractivity contribution in [2.75, 3.05) is 13.1 Å². The third kappa shape index (κ3) is 2.94. The SMILES string of the molecule is CCCC(=O)N1CC[C@@H](c2nc(-c3ccccn3)no2)C1. The molecule has 0 aromatic carbocycles. The van der Waals surface area contributed by atoms with Crippen LogP contribution in [-0.2, 0) is 4.79 Å². The summed E-state index contributed by atoms with van der Waals surface area (Å²) >= 11 is 0. The van der Waals surface area contributed by atoms with E-state index < -0.39 is 0 Å². The fourth-order valence-electron chi connectivity index (χ4n) is 2.56. The first-order valence-corrected chi connectivity index (χ1v) is 7.30. The van der Waals surface area contributed by atoms with E-state index in [1.807, 2.05) is 30.0 Å². The smallest absolute Gasteiger partial charge is 0.231 e. The van der Waals surface area contributed by atoms with Crippen LogP contribution in [0.2, 0.25) is 0 Å². The average Bonchev–Trinajstić information content (AvgIpc) is 3.17. The summed E-state index contributed by atoms with van der Waals surface area (Å²) < 4.78 is 5.35. The molecule has 1 saturated heterocycles. The quantitative estimate of drug-likeness (QED) is 0.862. The predicted molar refractivity (Wildman–Crippen MR) is 76.4 cm³/mol. The summed E-state index contributed by atoms with van der Waals surface area (Å²) in [6, 6.07) is 5.58. The monoisotopic (exact) mass is 286 g/mol. The van der Waals surface area contributed by atoms with Crippen LogP contribution in [0.1, 0.15) is 38.0 Å². The third-order valence-corrected chi connectivity index (χ3v) is 3.69. The summed E-state index contributed by atoms with van der Waals surface area (Å²) in [6.07, 6.45) is 4.06. The molecule has 2 aromatic rings. The molecule has 1 fully saturated rings. The van der Waals surface area contributed by atoms with Gasteiger partial charge < -0.3 is 9.42 Å². The van der Waals surface area contributed by atoms with Crippen LogP contribution < -0.4 is 0 Å². The molecule has 0 radical (unpaired) electrons. The second kappa shape index (κ2) is 6.03. The second-order valence-corrected chi connectivity index (χ2v) is 5.25. The van der Waals surface area contributed by atoms with E-state index in [9.17, 15) is 4.79 Å². The molecule has 1 atom stereocenters. The van der Waals surface area contributed by atoms with Crippen molar-refractivity contribution in [3.8, 4) is 11.5 Å². The molecule has 21 heavy (non-hydrogen) atoms. The molecule has 6 nitrogen and oxygen atoms in total. The van der Waals surface area contributed by atoms with Gasteiger partial charge >= 0.3 is 0 Å². The van der Waals surface area contributed by atoms with Crippen molar-refractivity contribution < 1.29 is 9.32 Å². The molecule has 2 aromatic heterocycles. The number of aromatic nitrogens is 3. The van der Waals surface area contributed by atoms with Gasteiger partial charge in [-0.25, -0.2) is 0 Å². The number of amides is 1. The van der Waals surface area contributed by atoms with Crippen LogP contribution in [0, 0.1) is 0 Å². The maximum absolute atomic E-state index is 11.9. The van der Waals surface area contributed by atoms with Crippen molar-refractivity contribution in [1.29, 1.82) is 0 Å². The number of carbonyl (C=O) groups is 1. The van der Waals surface area contributed by atoms with Crippen LogP contribution in [0.3, 0.4) is 0 Å². The van der Waals surface area contributed by atoms with Gasteiger partial charge in [-0.1, -0.05) is 18.1 Å². The minimum absolute atomic E-state index is 0.135. The highest BCUT2D eigenvalue weighted by Gasteiger charge is 2.30. The van der Waals surface area contributed by atoms with Crippen molar-refractivity contribution in [2.45, 2.75) is 32.1 Å². The standard InChI is InChI=1S/C15H18N4O2/c1-2-5-13(20)19-9-7-11(10-19)15-17-14(18-21-15)12-6-3-4-8-16-12/h3-4,6,8,11H,2,5,7,9-10H2,1H3/t11-/m1/s1. The van der Waals surface area contributed by atoms with Crippen LogP contribution in [0.15, 0.2) is 28.9 Å². The van der Waals surface area contributed by atoms with Crippen molar-refractivity contribution in [2.24, 2.45) is 0 Å². The summed E-state index contributed by atoms with van der Waals surface area (Å²) in [4.78, 5) is 22.4. The molecule has 1 aliphatic rings. The number of hydrogen-bond donors (Lipinski definition) is 0. The lowest BCUT2D eigenvalue weighted by molar-refractivity contribution is -0.130. The van der Waals surface area contributed by atoms with Crippen molar-refractivity contribution in [1.82, 2.24) is 20.0 Å². The minimum Gasteiger partial charge on any atom is -0.342 e. The highest BCUT2D eigenvalue weighted by molar-refractivity contribution is 5.76. The Balaban J connectivity index is 1.69. The Morgan fingerprint density at radius 2 is 2.38 bits per heavy atom. The first-order chi connectivity index (χ1) is 10.3. The normalized spacial score (nSPS) is 18.1. The Hall–Kier alpha value is -2.24. The lowest BCUT2D eigenvalue weighted by Gasteiger charge is -2.14. The number of nitrogens with zero attached hydrogens (tertiary/aromatic N) is 4. The van der Waals surface area contributed by atoms with Crippen LogP contribution in [0.5, 0.6) is 0 Å². The predicted octanol–water partition coefficient (Wildman–Crippen LogP) is 2.25. The Bertz CT molecular complexity index is 611. The summed E-state index contributed by atoms with van der Waals surface area (Å²) in [5.41, 5.74) is 0.699. The third-order valence-electron chi connectivity index (χ3n) is 3.69. The lowest BCUT2D eigenvalue weighted by Crippen LogP contribution is -2.27. The van der Waals surface area contributed by atoms with Crippen LogP contribution in [-0.4, -0.2) is 39.0 Å². The van der Waals surface area contributed by atoms with Gasteiger partial charge in [0.25, 0.3) is 0 Å². The summed E-state index contributed by atoms with van der Waals surface area (Å²) in [6.45, 7) is 3.45. The number of carbonyl (C=O) groups excluding carboxylic acids is 1. The molecule has 1 aliphatic heterocycles. The molecule has 6 heteroatoms. The zero-order valence-corrected chi connectivity index (χ0v) is 12.0. The highest BCUT2D eigenvalue weighted by Crippen LogP contribution is 2.27. The van der Waals surface area contributed by atoms with Gasteiger partial charge in [0.2, 0.25) is 17.6 Å². The van der Waals surface area contributed by atoms with Gasteiger partial charge in [0.05, 0.1) is 5.92 Å². The minimum atomic E-state index is 0.135. The van der Waals surface area contributed by atoms with Crippen molar-refractivity contribution in [3.63, 3.8) is 0 Å². The number of hydrogen-bond acceptors (Lipinski definition) is 5.